The first-order valence-electron chi connectivity index (χ1n) is 4.64. The topological polar surface area (TPSA) is 60.9 Å². The Morgan fingerprint density at radius 1 is 1.41 bits per heavy atom. The number of halogens is 3. The van der Waals surface area contributed by atoms with Gasteiger partial charge in [-0.1, -0.05) is 0 Å². The molecule has 4 nitrogen and oxygen atoms in total. The number of alkyl halides is 3. The molecule has 17 heavy (non-hydrogen) atoms. The van der Waals surface area contributed by atoms with Gasteiger partial charge in [-0.25, -0.2) is 4.98 Å². The number of aryl methyl sites for hydroxylation is 1. The fourth-order valence-corrected chi connectivity index (χ4v) is 1.60. The number of aromatic nitrogens is 2. The van der Waals surface area contributed by atoms with Gasteiger partial charge >= 0.3 is 6.18 Å². The lowest BCUT2D eigenvalue weighted by atomic mass is 10.2. The Kier molecular flexibility index (Phi) is 2.34. The van der Waals surface area contributed by atoms with Crippen LogP contribution in [0.5, 0.6) is 0 Å². The highest BCUT2D eigenvalue weighted by atomic mass is 19.4. The quantitative estimate of drug-likeness (QED) is 0.828. The lowest BCUT2D eigenvalue weighted by Crippen LogP contribution is -2.16. The summed E-state index contributed by atoms with van der Waals surface area (Å²) in [6.07, 6.45) is -4.43. The number of carbonyl (C=O) groups excluding carboxylic acids is 1. The van der Waals surface area contributed by atoms with Crippen molar-refractivity contribution in [3.05, 3.63) is 29.6 Å². The van der Waals surface area contributed by atoms with E-state index < -0.39 is 17.6 Å². The van der Waals surface area contributed by atoms with Gasteiger partial charge in [-0.05, 0) is 18.2 Å². The highest BCUT2D eigenvalue weighted by Crippen LogP contribution is 2.31. The van der Waals surface area contributed by atoms with Crippen molar-refractivity contribution in [2.24, 2.45) is 12.8 Å². The molecule has 0 aliphatic carbocycles. The SMILES string of the molecule is Cn1c(C(N)=O)nc2cc(C(F)(F)F)ccc21. The number of benzene rings is 1. The molecular weight excluding hydrogens is 235 g/mol. The maximum atomic E-state index is 12.5. The van der Waals surface area contributed by atoms with Crippen LogP contribution in [-0.4, -0.2) is 15.5 Å². The van der Waals surface area contributed by atoms with Gasteiger partial charge in [0.25, 0.3) is 5.91 Å². The highest BCUT2D eigenvalue weighted by Gasteiger charge is 2.31. The predicted molar refractivity (Wildman–Crippen MR) is 54.2 cm³/mol. The van der Waals surface area contributed by atoms with Crippen molar-refractivity contribution in [2.45, 2.75) is 6.18 Å². The molecule has 0 fully saturated rings. The Labute approximate surface area is 93.8 Å². The smallest absolute Gasteiger partial charge is 0.363 e. The molecule has 1 aromatic heterocycles. The first-order valence-corrected chi connectivity index (χ1v) is 4.64. The van der Waals surface area contributed by atoms with Gasteiger partial charge in [-0.15, -0.1) is 0 Å². The minimum atomic E-state index is -4.43. The van der Waals surface area contributed by atoms with Crippen LogP contribution in [0.3, 0.4) is 0 Å². The summed E-state index contributed by atoms with van der Waals surface area (Å²) in [7, 11) is 1.52. The first kappa shape index (κ1) is 11.4. The second-order valence-electron chi connectivity index (χ2n) is 3.56. The number of rotatable bonds is 1. The van der Waals surface area contributed by atoms with E-state index in [1.807, 2.05) is 0 Å². The highest BCUT2D eigenvalue weighted by molar-refractivity contribution is 5.93. The second-order valence-corrected chi connectivity index (χ2v) is 3.56. The Bertz CT molecular complexity index is 601. The third kappa shape index (κ3) is 1.83. The largest absolute Gasteiger partial charge is 0.416 e. The Morgan fingerprint density at radius 2 is 2.06 bits per heavy atom. The zero-order chi connectivity index (χ0) is 12.8. The van der Waals surface area contributed by atoms with Crippen LogP contribution in [0.1, 0.15) is 16.2 Å². The monoisotopic (exact) mass is 243 g/mol. The Morgan fingerprint density at radius 3 is 2.59 bits per heavy atom. The van der Waals surface area contributed by atoms with Crippen molar-refractivity contribution in [2.75, 3.05) is 0 Å². The van der Waals surface area contributed by atoms with Crippen LogP contribution in [0.2, 0.25) is 0 Å². The van der Waals surface area contributed by atoms with Crippen LogP contribution in [0, 0.1) is 0 Å². The summed E-state index contributed by atoms with van der Waals surface area (Å²) < 4.78 is 38.7. The molecule has 0 aliphatic rings. The molecule has 0 atom stereocenters. The van der Waals surface area contributed by atoms with E-state index in [4.69, 9.17) is 5.73 Å². The minimum absolute atomic E-state index is 0.0701. The molecule has 0 saturated carbocycles. The number of hydrogen-bond donors (Lipinski definition) is 1. The number of nitrogens with zero attached hydrogens (tertiary/aromatic N) is 2. The summed E-state index contributed by atoms with van der Waals surface area (Å²) in [6, 6.07) is 3.09. The van der Waals surface area contributed by atoms with Crippen molar-refractivity contribution < 1.29 is 18.0 Å². The van der Waals surface area contributed by atoms with Crippen LogP contribution in [0.25, 0.3) is 11.0 Å². The van der Waals surface area contributed by atoms with Crippen molar-refractivity contribution in [3.8, 4) is 0 Å². The lowest BCUT2D eigenvalue weighted by Gasteiger charge is -2.05. The zero-order valence-electron chi connectivity index (χ0n) is 8.75. The number of amides is 1. The third-order valence-corrected chi connectivity index (χ3v) is 2.43. The zero-order valence-corrected chi connectivity index (χ0v) is 8.75. The number of nitrogens with two attached hydrogens (primary N) is 1. The van der Waals surface area contributed by atoms with Crippen molar-refractivity contribution in [1.29, 1.82) is 0 Å². The van der Waals surface area contributed by atoms with E-state index in [9.17, 15) is 18.0 Å². The van der Waals surface area contributed by atoms with Gasteiger partial charge in [-0.3, -0.25) is 4.79 Å². The van der Waals surface area contributed by atoms with Gasteiger partial charge in [-0.2, -0.15) is 13.2 Å². The number of carbonyl (C=O) groups is 1. The average molecular weight is 243 g/mol. The molecule has 2 aromatic rings. The van der Waals surface area contributed by atoms with E-state index in [0.29, 0.717) is 5.52 Å². The molecule has 2 N–H and O–H groups in total. The average Bonchev–Trinajstić information content (AvgIpc) is 2.54. The van der Waals surface area contributed by atoms with Gasteiger partial charge in [0.15, 0.2) is 5.82 Å². The van der Waals surface area contributed by atoms with E-state index in [2.05, 4.69) is 4.98 Å². The molecule has 7 heteroatoms. The molecular formula is C10H8F3N3O. The van der Waals surface area contributed by atoms with Gasteiger partial charge < -0.3 is 10.3 Å². The normalized spacial score (nSPS) is 12.0. The molecule has 90 valence electrons. The number of hydrogen-bond acceptors (Lipinski definition) is 2. The molecule has 0 radical (unpaired) electrons. The van der Waals surface area contributed by atoms with Crippen molar-refractivity contribution >= 4 is 16.9 Å². The van der Waals surface area contributed by atoms with Crippen LogP contribution >= 0.6 is 0 Å². The second kappa shape index (κ2) is 3.47. The van der Waals surface area contributed by atoms with Gasteiger partial charge in [0.1, 0.15) is 0 Å². The lowest BCUT2D eigenvalue weighted by molar-refractivity contribution is -0.137. The molecule has 1 aromatic carbocycles. The molecule has 1 heterocycles. The van der Waals surface area contributed by atoms with E-state index in [1.54, 1.807) is 0 Å². The summed E-state index contributed by atoms with van der Waals surface area (Å²) in [5, 5.41) is 0. The van der Waals surface area contributed by atoms with Gasteiger partial charge in [0.2, 0.25) is 0 Å². The van der Waals surface area contributed by atoms with E-state index in [0.717, 1.165) is 12.1 Å². The van der Waals surface area contributed by atoms with Crippen molar-refractivity contribution in [1.82, 2.24) is 9.55 Å². The summed E-state index contributed by atoms with van der Waals surface area (Å²) in [5.41, 5.74) is 4.77. The summed E-state index contributed by atoms with van der Waals surface area (Å²) >= 11 is 0. The fraction of sp³-hybridized carbons (Fsp3) is 0.200. The Balaban J connectivity index is 2.68. The standard InChI is InChI=1S/C10H8F3N3O/c1-16-7-3-2-5(10(11,12)13)4-6(7)15-9(16)8(14)17/h2-4H,1H3,(H2,14,17). The van der Waals surface area contributed by atoms with Crippen molar-refractivity contribution in [3.63, 3.8) is 0 Å². The maximum absolute atomic E-state index is 12.5. The summed E-state index contributed by atoms with van der Waals surface area (Å²) in [6.45, 7) is 0. The van der Waals surface area contributed by atoms with Gasteiger partial charge in [0.05, 0.1) is 16.6 Å². The maximum Gasteiger partial charge on any atom is 0.416 e. The number of fused-ring (bicyclic) bond motifs is 1. The molecule has 0 bridgehead atoms. The molecule has 1 amide bonds. The molecule has 0 unspecified atom stereocenters. The Hall–Kier alpha value is -2.05. The fourth-order valence-electron chi connectivity index (χ4n) is 1.60. The molecule has 0 saturated heterocycles. The van der Waals surface area contributed by atoms with Crippen LogP contribution in [-0.2, 0) is 13.2 Å². The molecule has 2 rings (SSSR count). The van der Waals surface area contributed by atoms with E-state index >= 15 is 0 Å². The molecule has 0 spiro atoms. The van der Waals surface area contributed by atoms with Crippen LogP contribution in [0.4, 0.5) is 13.2 Å². The van der Waals surface area contributed by atoms with E-state index in [1.165, 1.54) is 17.7 Å². The number of imidazole rings is 1. The first-order chi connectivity index (χ1) is 7.80. The predicted octanol–water partition coefficient (Wildman–Crippen LogP) is 1.69. The molecule has 0 aliphatic heterocycles. The minimum Gasteiger partial charge on any atom is -0.363 e. The summed E-state index contributed by atoms with van der Waals surface area (Å²) in [5.74, 6) is -0.850. The van der Waals surface area contributed by atoms with Gasteiger partial charge in [0, 0.05) is 7.05 Å². The van der Waals surface area contributed by atoms with E-state index in [-0.39, 0.29) is 11.3 Å². The van der Waals surface area contributed by atoms with Crippen LogP contribution < -0.4 is 5.73 Å². The van der Waals surface area contributed by atoms with Crippen LogP contribution in [0.15, 0.2) is 18.2 Å². The third-order valence-electron chi connectivity index (χ3n) is 2.43. The summed E-state index contributed by atoms with van der Waals surface area (Å²) in [4.78, 5) is 14.8. The number of primary amides is 1.